The van der Waals surface area contributed by atoms with E-state index >= 15 is 0 Å². The van der Waals surface area contributed by atoms with Crippen molar-refractivity contribution in [1.82, 2.24) is 5.32 Å². The van der Waals surface area contributed by atoms with Gasteiger partial charge in [0.2, 0.25) is 0 Å². The molecule has 0 fully saturated rings. The highest BCUT2D eigenvalue weighted by atomic mass is 32.2. The first kappa shape index (κ1) is 23.1. The maximum absolute atomic E-state index is 13.0. The topological polar surface area (TPSA) is 75.3 Å². The molecule has 0 aromatic heterocycles. The van der Waals surface area contributed by atoms with Gasteiger partial charge in [-0.15, -0.1) is 0 Å². The van der Waals surface area contributed by atoms with Gasteiger partial charge in [0, 0.05) is 11.3 Å². The first-order valence-corrected chi connectivity index (χ1v) is 12.8. The van der Waals surface area contributed by atoms with Gasteiger partial charge < -0.3 is 5.32 Å². The second-order valence-corrected chi connectivity index (χ2v) is 10.5. The summed E-state index contributed by atoms with van der Waals surface area (Å²) in [6.07, 6.45) is 4.63. The fourth-order valence-corrected chi connectivity index (χ4v) is 5.58. The van der Waals surface area contributed by atoms with E-state index in [1.54, 1.807) is 31.2 Å². The molecule has 1 unspecified atom stereocenters. The maximum Gasteiger partial charge on any atom is 0.262 e. The number of carbonyl (C=O) groups is 1. The monoisotopic (exact) mass is 462 g/mol. The normalized spacial score (nSPS) is 14.3. The second-order valence-electron chi connectivity index (χ2n) is 8.88. The van der Waals surface area contributed by atoms with E-state index in [1.165, 1.54) is 30.0 Å². The van der Waals surface area contributed by atoms with E-state index in [1.807, 2.05) is 26.0 Å². The fourth-order valence-electron chi connectivity index (χ4n) is 4.25. The zero-order chi connectivity index (χ0) is 23.6. The van der Waals surface area contributed by atoms with Crippen LogP contribution in [-0.2, 0) is 22.9 Å². The number of rotatable bonds is 6. The molecule has 33 heavy (non-hydrogen) atoms. The lowest BCUT2D eigenvalue weighted by Crippen LogP contribution is -2.27. The van der Waals surface area contributed by atoms with Crippen LogP contribution >= 0.6 is 0 Å². The molecule has 1 aliphatic rings. The summed E-state index contributed by atoms with van der Waals surface area (Å²) in [4.78, 5) is 13.1. The van der Waals surface area contributed by atoms with Crippen molar-refractivity contribution in [3.8, 4) is 0 Å². The summed E-state index contributed by atoms with van der Waals surface area (Å²) in [6, 6.07) is 18.2. The van der Waals surface area contributed by atoms with Gasteiger partial charge in [-0.25, -0.2) is 8.42 Å². The zero-order valence-corrected chi connectivity index (χ0v) is 20.1. The minimum atomic E-state index is -3.83. The SMILES string of the molecule is Cc1ccc(NS(=O)(=O)c2cc(C(=O)NC(C)c3ccc4c(c3)CCCC4)ccc2C)cc1. The molecule has 1 aliphatic carbocycles. The quantitative estimate of drug-likeness (QED) is 0.510. The summed E-state index contributed by atoms with van der Waals surface area (Å²) in [5, 5.41) is 3.02. The van der Waals surface area contributed by atoms with Gasteiger partial charge in [-0.2, -0.15) is 0 Å². The molecule has 0 radical (unpaired) electrons. The Labute approximate surface area is 196 Å². The van der Waals surface area contributed by atoms with Gasteiger partial charge in [0.1, 0.15) is 0 Å². The van der Waals surface area contributed by atoms with Gasteiger partial charge in [-0.1, -0.05) is 42.0 Å². The first-order chi connectivity index (χ1) is 15.7. The average molecular weight is 463 g/mol. The Bertz CT molecular complexity index is 1280. The summed E-state index contributed by atoms with van der Waals surface area (Å²) < 4.78 is 28.6. The van der Waals surface area contributed by atoms with Crippen molar-refractivity contribution in [3.05, 3.63) is 94.0 Å². The molecular weight excluding hydrogens is 432 g/mol. The molecule has 4 rings (SSSR count). The molecule has 0 saturated heterocycles. The predicted octanol–water partition coefficient (Wildman–Crippen LogP) is 5.47. The van der Waals surface area contributed by atoms with Gasteiger partial charge in [0.05, 0.1) is 10.9 Å². The van der Waals surface area contributed by atoms with Crippen LogP contribution in [0.2, 0.25) is 0 Å². The molecular formula is C27H30N2O3S. The Hall–Kier alpha value is -3.12. The Balaban J connectivity index is 1.53. The molecule has 1 amide bonds. The van der Waals surface area contributed by atoms with Crippen molar-refractivity contribution >= 4 is 21.6 Å². The van der Waals surface area contributed by atoms with Gasteiger partial charge in [-0.3, -0.25) is 9.52 Å². The van der Waals surface area contributed by atoms with Crippen LogP contribution in [0, 0.1) is 13.8 Å². The van der Waals surface area contributed by atoms with E-state index in [4.69, 9.17) is 0 Å². The standard InChI is InChI=1S/C27H30N2O3S/c1-18-8-14-25(15-9-18)29-33(31,32)26-17-24(11-10-19(26)2)27(30)28-20(3)22-13-12-21-6-4-5-7-23(21)16-22/h8-17,20,29H,4-7H2,1-3H3,(H,28,30). The predicted molar refractivity (Wildman–Crippen MR) is 132 cm³/mol. The highest BCUT2D eigenvalue weighted by Gasteiger charge is 2.21. The zero-order valence-electron chi connectivity index (χ0n) is 19.3. The molecule has 2 N–H and O–H groups in total. The largest absolute Gasteiger partial charge is 0.346 e. The number of amides is 1. The molecule has 0 spiro atoms. The Morgan fingerprint density at radius 3 is 2.30 bits per heavy atom. The number of benzene rings is 3. The van der Waals surface area contributed by atoms with Crippen LogP contribution in [0.5, 0.6) is 0 Å². The Morgan fingerprint density at radius 1 is 0.879 bits per heavy atom. The van der Waals surface area contributed by atoms with E-state index in [0.717, 1.165) is 24.0 Å². The van der Waals surface area contributed by atoms with Crippen LogP contribution in [0.4, 0.5) is 5.69 Å². The van der Waals surface area contributed by atoms with Gasteiger partial charge in [0.15, 0.2) is 0 Å². The van der Waals surface area contributed by atoms with Crippen molar-refractivity contribution in [3.63, 3.8) is 0 Å². The summed E-state index contributed by atoms with van der Waals surface area (Å²) >= 11 is 0. The number of hydrogen-bond acceptors (Lipinski definition) is 3. The minimum Gasteiger partial charge on any atom is -0.346 e. The molecule has 3 aromatic rings. The molecule has 1 atom stereocenters. The van der Waals surface area contributed by atoms with E-state index in [0.29, 0.717) is 16.8 Å². The van der Waals surface area contributed by atoms with E-state index in [9.17, 15) is 13.2 Å². The van der Waals surface area contributed by atoms with Crippen molar-refractivity contribution in [2.75, 3.05) is 4.72 Å². The number of carbonyl (C=O) groups excluding carboxylic acids is 1. The number of hydrogen-bond donors (Lipinski definition) is 2. The lowest BCUT2D eigenvalue weighted by Gasteiger charge is -2.20. The molecule has 0 aliphatic heterocycles. The molecule has 5 nitrogen and oxygen atoms in total. The third kappa shape index (κ3) is 5.28. The van der Waals surface area contributed by atoms with Gasteiger partial charge >= 0.3 is 0 Å². The van der Waals surface area contributed by atoms with Crippen LogP contribution < -0.4 is 10.0 Å². The van der Waals surface area contributed by atoms with Gasteiger partial charge in [-0.05, 0) is 93.0 Å². The van der Waals surface area contributed by atoms with Crippen molar-refractivity contribution in [2.24, 2.45) is 0 Å². The lowest BCUT2D eigenvalue weighted by molar-refractivity contribution is 0.0939. The number of sulfonamides is 1. The van der Waals surface area contributed by atoms with E-state index in [-0.39, 0.29) is 16.8 Å². The summed E-state index contributed by atoms with van der Waals surface area (Å²) in [7, 11) is -3.83. The minimum absolute atomic E-state index is 0.0946. The highest BCUT2D eigenvalue weighted by Crippen LogP contribution is 2.26. The number of aryl methyl sites for hydroxylation is 4. The fraction of sp³-hybridized carbons (Fsp3) is 0.296. The van der Waals surface area contributed by atoms with Crippen LogP contribution in [0.1, 0.15) is 64.0 Å². The first-order valence-electron chi connectivity index (χ1n) is 11.4. The molecule has 0 saturated carbocycles. The summed E-state index contributed by atoms with van der Waals surface area (Å²) in [5.74, 6) is -0.299. The van der Waals surface area contributed by atoms with Crippen molar-refractivity contribution < 1.29 is 13.2 Å². The average Bonchev–Trinajstić information content (AvgIpc) is 2.80. The molecule has 3 aromatic carbocycles. The molecule has 0 heterocycles. The summed E-state index contributed by atoms with van der Waals surface area (Å²) in [6.45, 7) is 5.62. The van der Waals surface area contributed by atoms with Crippen LogP contribution in [0.3, 0.4) is 0 Å². The van der Waals surface area contributed by atoms with Crippen LogP contribution in [-0.4, -0.2) is 14.3 Å². The highest BCUT2D eigenvalue weighted by molar-refractivity contribution is 7.92. The van der Waals surface area contributed by atoms with Crippen LogP contribution in [0.25, 0.3) is 0 Å². The van der Waals surface area contributed by atoms with Crippen molar-refractivity contribution in [2.45, 2.75) is 57.4 Å². The van der Waals surface area contributed by atoms with Crippen LogP contribution in [0.15, 0.2) is 65.6 Å². The van der Waals surface area contributed by atoms with Gasteiger partial charge in [0.25, 0.3) is 15.9 Å². The number of anilines is 1. The summed E-state index contributed by atoms with van der Waals surface area (Å²) in [5.41, 5.74) is 6.24. The van der Waals surface area contributed by atoms with Crippen molar-refractivity contribution in [1.29, 1.82) is 0 Å². The second kappa shape index (κ2) is 9.40. The third-order valence-corrected chi connectivity index (χ3v) is 7.79. The molecule has 0 bridgehead atoms. The van der Waals surface area contributed by atoms with E-state index < -0.39 is 10.0 Å². The smallest absolute Gasteiger partial charge is 0.262 e. The molecule has 172 valence electrons. The number of nitrogens with one attached hydrogen (secondary N) is 2. The Morgan fingerprint density at radius 2 is 1.58 bits per heavy atom. The maximum atomic E-state index is 13.0. The Kier molecular flexibility index (Phi) is 6.56. The number of fused-ring (bicyclic) bond motifs is 1. The van der Waals surface area contributed by atoms with E-state index in [2.05, 4.69) is 28.2 Å². The lowest BCUT2D eigenvalue weighted by atomic mass is 9.89. The molecule has 6 heteroatoms. The third-order valence-electron chi connectivity index (χ3n) is 6.26.